The molecule has 0 unspecified atom stereocenters. The number of rotatable bonds is 2. The van der Waals surface area contributed by atoms with Crippen molar-refractivity contribution in [2.24, 2.45) is 11.8 Å². The predicted octanol–water partition coefficient (Wildman–Crippen LogP) is 3.59. The van der Waals surface area contributed by atoms with Crippen LogP contribution in [0.4, 0.5) is 0 Å². The third-order valence-corrected chi connectivity index (χ3v) is 4.97. The van der Waals surface area contributed by atoms with Gasteiger partial charge in [0.15, 0.2) is 0 Å². The molecule has 1 amide bonds. The van der Waals surface area contributed by atoms with Crippen LogP contribution in [0.15, 0.2) is 18.2 Å². The molecule has 0 spiro atoms. The number of nitrogens with one attached hydrogen (secondary N) is 1. The Morgan fingerprint density at radius 1 is 1.33 bits per heavy atom. The average molecular weight is 308 g/mol. The number of amides is 1. The second kappa shape index (κ2) is 6.27. The highest BCUT2D eigenvalue weighted by Crippen LogP contribution is 2.30. The molecule has 0 radical (unpaired) electrons. The second-order valence-corrected chi connectivity index (χ2v) is 6.78. The molecule has 0 aromatic heterocycles. The Hall–Kier alpha value is -1.22. The fourth-order valence-electron chi connectivity index (χ4n) is 3.36. The highest BCUT2D eigenvalue weighted by Gasteiger charge is 2.29. The number of carbonyl (C=O) groups is 1. The summed E-state index contributed by atoms with van der Waals surface area (Å²) >= 11 is 6.02. The molecule has 0 bridgehead atoms. The second-order valence-electron chi connectivity index (χ2n) is 6.34. The maximum atomic E-state index is 12.5. The van der Waals surface area contributed by atoms with Crippen LogP contribution in [-0.4, -0.2) is 18.6 Å². The van der Waals surface area contributed by atoms with Crippen LogP contribution in [-0.2, 0) is 11.2 Å². The molecular formula is C17H22ClNO2. The molecule has 1 saturated carbocycles. The van der Waals surface area contributed by atoms with E-state index in [1.165, 1.54) is 19.3 Å². The van der Waals surface area contributed by atoms with E-state index in [9.17, 15) is 4.79 Å². The summed E-state index contributed by atoms with van der Waals surface area (Å²) in [5.74, 6) is 1.45. The van der Waals surface area contributed by atoms with E-state index in [0.717, 1.165) is 17.7 Å². The summed E-state index contributed by atoms with van der Waals surface area (Å²) in [6, 6.07) is 5.94. The smallest absolute Gasteiger partial charge is 0.227 e. The Labute approximate surface area is 131 Å². The van der Waals surface area contributed by atoms with Crippen molar-refractivity contribution < 1.29 is 9.53 Å². The van der Waals surface area contributed by atoms with Gasteiger partial charge < -0.3 is 10.1 Å². The number of benzene rings is 1. The molecule has 114 valence electrons. The SMILES string of the molecule is C[C@H]1CCCC[C@@H]1NC(=O)[C@H]1COc2ccc(Cl)cc2C1. The lowest BCUT2D eigenvalue weighted by Gasteiger charge is -2.32. The van der Waals surface area contributed by atoms with Crippen LogP contribution in [0.25, 0.3) is 0 Å². The highest BCUT2D eigenvalue weighted by molar-refractivity contribution is 6.30. The van der Waals surface area contributed by atoms with Crippen LogP contribution >= 0.6 is 11.6 Å². The molecule has 1 aliphatic carbocycles. The Bertz CT molecular complexity index is 532. The largest absolute Gasteiger partial charge is 0.492 e. The van der Waals surface area contributed by atoms with Gasteiger partial charge >= 0.3 is 0 Å². The first-order chi connectivity index (χ1) is 10.1. The zero-order chi connectivity index (χ0) is 14.8. The van der Waals surface area contributed by atoms with Gasteiger partial charge in [-0.25, -0.2) is 0 Å². The molecular weight excluding hydrogens is 286 g/mol. The first-order valence-corrected chi connectivity index (χ1v) is 8.23. The van der Waals surface area contributed by atoms with Crippen molar-refractivity contribution in [2.45, 2.75) is 45.1 Å². The van der Waals surface area contributed by atoms with Crippen LogP contribution in [0, 0.1) is 11.8 Å². The van der Waals surface area contributed by atoms with Gasteiger partial charge in [-0.3, -0.25) is 4.79 Å². The minimum Gasteiger partial charge on any atom is -0.492 e. The number of hydrogen-bond donors (Lipinski definition) is 1. The number of fused-ring (bicyclic) bond motifs is 1. The van der Waals surface area contributed by atoms with Crippen LogP contribution in [0.2, 0.25) is 5.02 Å². The Morgan fingerprint density at radius 3 is 2.95 bits per heavy atom. The van der Waals surface area contributed by atoms with E-state index in [0.29, 0.717) is 30.0 Å². The lowest BCUT2D eigenvalue weighted by Crippen LogP contribution is -2.46. The normalized spacial score (nSPS) is 28.4. The van der Waals surface area contributed by atoms with Gasteiger partial charge in [-0.2, -0.15) is 0 Å². The van der Waals surface area contributed by atoms with Gasteiger partial charge in [-0.15, -0.1) is 0 Å². The molecule has 21 heavy (non-hydrogen) atoms. The minimum absolute atomic E-state index is 0.106. The van der Waals surface area contributed by atoms with Crippen LogP contribution < -0.4 is 10.1 Å². The maximum absolute atomic E-state index is 12.5. The van der Waals surface area contributed by atoms with Gasteiger partial charge in [-0.05, 0) is 48.9 Å². The van der Waals surface area contributed by atoms with E-state index in [4.69, 9.17) is 16.3 Å². The third kappa shape index (κ3) is 3.34. The molecule has 3 atom stereocenters. The summed E-state index contributed by atoms with van der Waals surface area (Å²) in [5, 5.41) is 3.93. The van der Waals surface area contributed by atoms with E-state index in [1.54, 1.807) is 0 Å². The van der Waals surface area contributed by atoms with Gasteiger partial charge in [-0.1, -0.05) is 31.4 Å². The van der Waals surface area contributed by atoms with Crippen LogP contribution in [0.3, 0.4) is 0 Å². The van der Waals surface area contributed by atoms with E-state index < -0.39 is 0 Å². The topological polar surface area (TPSA) is 38.3 Å². The third-order valence-electron chi connectivity index (χ3n) is 4.74. The van der Waals surface area contributed by atoms with Gasteiger partial charge in [0.05, 0.1) is 5.92 Å². The van der Waals surface area contributed by atoms with Crippen molar-refractivity contribution in [1.82, 2.24) is 5.32 Å². The standard InChI is InChI=1S/C17H22ClNO2/c1-11-4-2-3-5-15(11)19-17(20)13-8-12-9-14(18)6-7-16(12)21-10-13/h6-7,9,11,13,15H,2-5,8,10H2,1H3,(H,19,20)/t11-,13+,15-/m0/s1. The summed E-state index contributed by atoms with van der Waals surface area (Å²) in [7, 11) is 0. The summed E-state index contributed by atoms with van der Waals surface area (Å²) < 4.78 is 5.71. The quantitative estimate of drug-likeness (QED) is 0.907. The van der Waals surface area contributed by atoms with E-state index in [2.05, 4.69) is 12.2 Å². The van der Waals surface area contributed by atoms with E-state index in [-0.39, 0.29) is 11.8 Å². The molecule has 1 fully saturated rings. The van der Waals surface area contributed by atoms with E-state index >= 15 is 0 Å². The van der Waals surface area contributed by atoms with Crippen LogP contribution in [0.1, 0.15) is 38.2 Å². The molecule has 3 rings (SSSR count). The highest BCUT2D eigenvalue weighted by atomic mass is 35.5. The molecule has 0 saturated heterocycles. The fraction of sp³-hybridized carbons (Fsp3) is 0.588. The number of halogens is 1. The van der Waals surface area contributed by atoms with Crippen molar-refractivity contribution in [3.63, 3.8) is 0 Å². The summed E-state index contributed by atoms with van der Waals surface area (Å²) in [5.41, 5.74) is 1.03. The van der Waals surface area contributed by atoms with Gasteiger partial charge in [0, 0.05) is 11.1 Å². The summed E-state index contributed by atoms with van der Waals surface area (Å²) in [6.07, 6.45) is 5.52. The molecule has 2 aliphatic rings. The summed E-state index contributed by atoms with van der Waals surface area (Å²) in [4.78, 5) is 12.5. The first kappa shape index (κ1) is 14.7. The lowest BCUT2D eigenvalue weighted by atomic mass is 9.85. The van der Waals surface area contributed by atoms with Crippen LogP contribution in [0.5, 0.6) is 5.75 Å². The average Bonchev–Trinajstić information content (AvgIpc) is 2.48. The monoisotopic (exact) mass is 307 g/mol. The zero-order valence-electron chi connectivity index (χ0n) is 12.4. The Morgan fingerprint density at radius 2 is 2.14 bits per heavy atom. The van der Waals surface area contributed by atoms with Gasteiger partial charge in [0.2, 0.25) is 5.91 Å². The van der Waals surface area contributed by atoms with E-state index in [1.807, 2.05) is 18.2 Å². The molecule has 1 aromatic carbocycles. The number of ether oxygens (including phenoxy) is 1. The van der Waals surface area contributed by atoms with Gasteiger partial charge in [0.1, 0.15) is 12.4 Å². The number of hydrogen-bond acceptors (Lipinski definition) is 2. The first-order valence-electron chi connectivity index (χ1n) is 7.85. The summed E-state index contributed by atoms with van der Waals surface area (Å²) in [6.45, 7) is 2.69. The molecule has 1 heterocycles. The molecule has 1 N–H and O–H groups in total. The van der Waals surface area contributed by atoms with Crippen molar-refractivity contribution in [3.05, 3.63) is 28.8 Å². The van der Waals surface area contributed by atoms with Crippen molar-refractivity contribution >= 4 is 17.5 Å². The van der Waals surface area contributed by atoms with Crippen molar-refractivity contribution in [3.8, 4) is 5.75 Å². The number of carbonyl (C=O) groups excluding carboxylic acids is 1. The maximum Gasteiger partial charge on any atom is 0.227 e. The van der Waals surface area contributed by atoms with Gasteiger partial charge in [0.25, 0.3) is 0 Å². The Kier molecular flexibility index (Phi) is 4.39. The molecule has 4 heteroatoms. The molecule has 1 aliphatic heterocycles. The fourth-order valence-corrected chi connectivity index (χ4v) is 3.56. The van der Waals surface area contributed by atoms with Crippen molar-refractivity contribution in [1.29, 1.82) is 0 Å². The molecule has 1 aromatic rings. The zero-order valence-corrected chi connectivity index (χ0v) is 13.2. The molecule has 3 nitrogen and oxygen atoms in total. The minimum atomic E-state index is -0.106. The lowest BCUT2D eigenvalue weighted by molar-refractivity contribution is -0.127. The Balaban J connectivity index is 1.63. The predicted molar refractivity (Wildman–Crippen MR) is 83.7 cm³/mol. The van der Waals surface area contributed by atoms with Crippen molar-refractivity contribution in [2.75, 3.05) is 6.61 Å².